The molecule has 2 aromatic rings. The van der Waals surface area contributed by atoms with Gasteiger partial charge >= 0.3 is 0 Å². The molecule has 0 aliphatic rings. The molecule has 6 nitrogen and oxygen atoms in total. The van der Waals surface area contributed by atoms with E-state index in [0.29, 0.717) is 24.0 Å². The third kappa shape index (κ3) is 3.34. The SMILES string of the molecule is CCN(CC)S(=O)(=O)c1cc(-c2sc(N)nc2C)ccc1OC. The molecular formula is C15H21N3O3S2. The number of benzene rings is 1. The Balaban J connectivity index is 2.63. The van der Waals surface area contributed by atoms with Crippen molar-refractivity contribution in [1.82, 2.24) is 9.29 Å². The number of aromatic nitrogens is 1. The minimum atomic E-state index is -3.62. The van der Waals surface area contributed by atoms with Crippen LogP contribution in [0.15, 0.2) is 23.1 Å². The second-order valence-electron chi connectivity index (χ2n) is 4.92. The molecule has 0 amide bonds. The standard InChI is InChI=1S/C15H21N3O3S2/c1-5-18(6-2)23(19,20)13-9-11(7-8-12(13)21-4)14-10(3)17-15(16)22-14/h7-9H,5-6H2,1-4H3,(H2,16,17). The van der Waals surface area contributed by atoms with Gasteiger partial charge in [0.1, 0.15) is 10.6 Å². The van der Waals surface area contributed by atoms with Gasteiger partial charge in [-0.3, -0.25) is 0 Å². The fraction of sp³-hybridized carbons (Fsp3) is 0.400. The number of methoxy groups -OCH3 is 1. The largest absolute Gasteiger partial charge is 0.495 e. The first-order chi connectivity index (χ1) is 10.8. The van der Waals surface area contributed by atoms with Crippen molar-refractivity contribution in [1.29, 1.82) is 0 Å². The summed E-state index contributed by atoms with van der Waals surface area (Å²) in [7, 11) is -2.15. The van der Waals surface area contributed by atoms with Crippen LogP contribution in [0.1, 0.15) is 19.5 Å². The highest BCUT2D eigenvalue weighted by Gasteiger charge is 2.26. The molecule has 1 aromatic heterocycles. The summed E-state index contributed by atoms with van der Waals surface area (Å²) in [6.45, 7) is 6.28. The lowest BCUT2D eigenvalue weighted by atomic mass is 10.1. The Bertz CT molecular complexity index is 796. The third-order valence-electron chi connectivity index (χ3n) is 3.56. The van der Waals surface area contributed by atoms with Crippen molar-refractivity contribution in [3.63, 3.8) is 0 Å². The van der Waals surface area contributed by atoms with Gasteiger partial charge in [-0.1, -0.05) is 25.2 Å². The Morgan fingerprint density at radius 2 is 1.96 bits per heavy atom. The molecule has 2 N–H and O–H groups in total. The monoisotopic (exact) mass is 355 g/mol. The highest BCUT2D eigenvalue weighted by molar-refractivity contribution is 7.89. The zero-order chi connectivity index (χ0) is 17.2. The van der Waals surface area contributed by atoms with Crippen LogP contribution in [-0.4, -0.2) is 37.9 Å². The second-order valence-corrected chi connectivity index (χ2v) is 7.86. The summed E-state index contributed by atoms with van der Waals surface area (Å²) < 4.78 is 32.4. The van der Waals surface area contributed by atoms with Crippen LogP contribution >= 0.6 is 11.3 Å². The van der Waals surface area contributed by atoms with E-state index in [2.05, 4.69) is 4.98 Å². The number of hydrogen-bond acceptors (Lipinski definition) is 6. The molecule has 0 radical (unpaired) electrons. The molecule has 0 fully saturated rings. The number of nitrogen functional groups attached to an aromatic ring is 1. The number of aryl methyl sites for hydroxylation is 1. The van der Waals surface area contributed by atoms with Crippen LogP contribution in [0.5, 0.6) is 5.75 Å². The smallest absolute Gasteiger partial charge is 0.246 e. The Morgan fingerprint density at radius 3 is 2.43 bits per heavy atom. The second kappa shape index (κ2) is 6.86. The van der Waals surface area contributed by atoms with Crippen molar-refractivity contribution in [2.45, 2.75) is 25.7 Å². The highest BCUT2D eigenvalue weighted by Crippen LogP contribution is 2.36. The van der Waals surface area contributed by atoms with Gasteiger partial charge in [-0.2, -0.15) is 4.31 Å². The molecule has 126 valence electrons. The van der Waals surface area contributed by atoms with Crippen molar-refractivity contribution in [3.05, 3.63) is 23.9 Å². The van der Waals surface area contributed by atoms with Gasteiger partial charge < -0.3 is 10.5 Å². The maximum Gasteiger partial charge on any atom is 0.246 e. The predicted molar refractivity (Wildman–Crippen MR) is 93.4 cm³/mol. The molecule has 0 aliphatic carbocycles. The van der Waals surface area contributed by atoms with Gasteiger partial charge in [-0.15, -0.1) is 0 Å². The van der Waals surface area contributed by atoms with E-state index in [9.17, 15) is 8.42 Å². The third-order valence-corrected chi connectivity index (χ3v) is 6.67. The molecule has 23 heavy (non-hydrogen) atoms. The lowest BCUT2D eigenvalue weighted by molar-refractivity contribution is 0.395. The van der Waals surface area contributed by atoms with Crippen molar-refractivity contribution >= 4 is 26.5 Å². The maximum absolute atomic E-state index is 12.9. The van der Waals surface area contributed by atoms with Crippen LogP contribution in [0, 0.1) is 6.92 Å². The van der Waals surface area contributed by atoms with Crippen molar-refractivity contribution in [3.8, 4) is 16.2 Å². The number of sulfonamides is 1. The minimum Gasteiger partial charge on any atom is -0.495 e. The molecule has 0 saturated carbocycles. The van der Waals surface area contributed by atoms with E-state index in [4.69, 9.17) is 10.5 Å². The van der Waals surface area contributed by atoms with Gasteiger partial charge in [0.25, 0.3) is 0 Å². The van der Waals surface area contributed by atoms with Crippen molar-refractivity contribution < 1.29 is 13.2 Å². The molecule has 1 aromatic carbocycles. The number of nitrogens with zero attached hydrogens (tertiary/aromatic N) is 2. The van der Waals surface area contributed by atoms with Gasteiger partial charge in [0, 0.05) is 13.1 Å². The van der Waals surface area contributed by atoms with Crippen LogP contribution in [0.3, 0.4) is 0 Å². The number of hydrogen-bond donors (Lipinski definition) is 1. The zero-order valence-corrected chi connectivity index (χ0v) is 15.3. The average Bonchev–Trinajstić information content (AvgIpc) is 2.86. The Morgan fingerprint density at radius 1 is 1.30 bits per heavy atom. The fourth-order valence-corrected chi connectivity index (χ4v) is 4.88. The lowest BCUT2D eigenvalue weighted by Gasteiger charge is -2.20. The summed E-state index contributed by atoms with van der Waals surface area (Å²) >= 11 is 1.34. The lowest BCUT2D eigenvalue weighted by Crippen LogP contribution is -2.30. The maximum atomic E-state index is 12.9. The average molecular weight is 355 g/mol. The molecule has 0 saturated heterocycles. The van der Waals surface area contributed by atoms with Crippen LogP contribution in [0.2, 0.25) is 0 Å². The Hall–Kier alpha value is -1.64. The van der Waals surface area contributed by atoms with Gasteiger partial charge in [-0.25, -0.2) is 13.4 Å². The van der Waals surface area contributed by atoms with E-state index < -0.39 is 10.0 Å². The molecule has 0 unspecified atom stereocenters. The molecule has 2 rings (SSSR count). The molecular weight excluding hydrogens is 334 g/mol. The molecule has 0 bridgehead atoms. The fourth-order valence-electron chi connectivity index (χ4n) is 2.41. The van der Waals surface area contributed by atoms with Crippen LogP contribution < -0.4 is 10.5 Å². The Kier molecular flexibility index (Phi) is 5.28. The molecule has 8 heteroatoms. The summed E-state index contributed by atoms with van der Waals surface area (Å²) in [6, 6.07) is 5.12. The van der Waals surface area contributed by atoms with Crippen LogP contribution in [-0.2, 0) is 10.0 Å². The van der Waals surface area contributed by atoms with Crippen LogP contribution in [0.4, 0.5) is 5.13 Å². The van der Waals surface area contributed by atoms with Crippen molar-refractivity contribution in [2.75, 3.05) is 25.9 Å². The predicted octanol–water partition coefficient (Wildman–Crippen LogP) is 2.74. The van der Waals surface area contributed by atoms with Crippen LogP contribution in [0.25, 0.3) is 10.4 Å². The van der Waals surface area contributed by atoms with E-state index in [-0.39, 0.29) is 4.90 Å². The van der Waals surface area contributed by atoms with Gasteiger partial charge in [-0.05, 0) is 30.7 Å². The van der Waals surface area contributed by atoms with Gasteiger partial charge in [0.05, 0.1) is 17.7 Å². The van der Waals surface area contributed by atoms with E-state index in [1.807, 2.05) is 26.8 Å². The quantitative estimate of drug-likeness (QED) is 0.861. The van der Waals surface area contributed by atoms with E-state index in [1.165, 1.54) is 22.8 Å². The first-order valence-corrected chi connectivity index (χ1v) is 9.52. The van der Waals surface area contributed by atoms with Crippen molar-refractivity contribution in [2.24, 2.45) is 0 Å². The number of ether oxygens (including phenoxy) is 1. The number of rotatable bonds is 6. The summed E-state index contributed by atoms with van der Waals surface area (Å²) in [5, 5.41) is 0.460. The zero-order valence-electron chi connectivity index (χ0n) is 13.7. The van der Waals surface area contributed by atoms with E-state index in [0.717, 1.165) is 16.1 Å². The molecule has 0 atom stereocenters. The summed E-state index contributed by atoms with van der Waals surface area (Å²) in [5.41, 5.74) is 7.29. The summed E-state index contributed by atoms with van der Waals surface area (Å²) in [6.07, 6.45) is 0. The normalized spacial score (nSPS) is 11.9. The van der Waals surface area contributed by atoms with E-state index >= 15 is 0 Å². The molecule has 1 heterocycles. The molecule has 0 spiro atoms. The summed E-state index contributed by atoms with van der Waals surface area (Å²) in [4.78, 5) is 5.22. The Labute approximate surface area is 141 Å². The first kappa shape index (κ1) is 17.7. The highest BCUT2D eigenvalue weighted by atomic mass is 32.2. The summed E-state index contributed by atoms with van der Waals surface area (Å²) in [5.74, 6) is 0.329. The van der Waals surface area contributed by atoms with E-state index in [1.54, 1.807) is 12.1 Å². The number of anilines is 1. The number of nitrogens with two attached hydrogens (primary N) is 1. The van der Waals surface area contributed by atoms with Gasteiger partial charge in [0.15, 0.2) is 5.13 Å². The topological polar surface area (TPSA) is 85.5 Å². The number of thiazole rings is 1. The first-order valence-electron chi connectivity index (χ1n) is 7.26. The molecule has 0 aliphatic heterocycles. The van der Waals surface area contributed by atoms with Gasteiger partial charge in [0.2, 0.25) is 10.0 Å². The minimum absolute atomic E-state index is 0.160.